The Bertz CT molecular complexity index is 1500. The summed E-state index contributed by atoms with van der Waals surface area (Å²) < 4.78 is 32.7. The van der Waals surface area contributed by atoms with Gasteiger partial charge in [-0.05, 0) is 57.4 Å². The van der Waals surface area contributed by atoms with Gasteiger partial charge in [0.25, 0.3) is 5.91 Å². The standard InChI is InChI=1S/C32H37FN6O4/c1-20(2)39(22-7-10-41-16-22)31(40)24-11-21(33)3-4-27(24)43-29-15-35-19-37-30(29)38-17-32(18-38)12-23(13-32)42-28-6-9-36-26-5-8-34-14-25(26)28/h3-4,6,9,11,15,19-20,22-23,34H,5,7-8,10,12-14,16-18H2,1-2H3/t22-/m0/s1. The van der Waals surface area contributed by atoms with Crippen LogP contribution in [-0.2, 0) is 17.7 Å². The van der Waals surface area contributed by atoms with E-state index in [4.69, 9.17) is 14.2 Å². The van der Waals surface area contributed by atoms with Crippen LogP contribution in [0.4, 0.5) is 10.2 Å². The number of nitrogens with zero attached hydrogens (tertiary/aromatic N) is 5. The largest absolute Gasteiger partial charge is 0.490 e. The molecule has 10 nitrogen and oxygen atoms in total. The summed E-state index contributed by atoms with van der Waals surface area (Å²) in [5.41, 5.74) is 2.66. The smallest absolute Gasteiger partial charge is 0.258 e. The number of benzene rings is 1. The molecule has 2 saturated heterocycles. The van der Waals surface area contributed by atoms with Crippen LogP contribution in [-0.4, -0.2) is 76.8 Å². The topological polar surface area (TPSA) is 102 Å². The zero-order chi connectivity index (χ0) is 29.6. The summed E-state index contributed by atoms with van der Waals surface area (Å²) in [6.07, 6.45) is 8.75. The Morgan fingerprint density at radius 3 is 2.84 bits per heavy atom. The van der Waals surface area contributed by atoms with Crippen molar-refractivity contribution in [1.29, 1.82) is 0 Å². The Kier molecular flexibility index (Phi) is 7.38. The summed E-state index contributed by atoms with van der Waals surface area (Å²) in [5, 5.41) is 3.42. The van der Waals surface area contributed by atoms with E-state index in [-0.39, 0.29) is 40.8 Å². The van der Waals surface area contributed by atoms with Crippen molar-refractivity contribution in [2.24, 2.45) is 5.41 Å². The van der Waals surface area contributed by atoms with Crippen LogP contribution in [0.5, 0.6) is 17.2 Å². The molecule has 1 N–H and O–H groups in total. The van der Waals surface area contributed by atoms with Gasteiger partial charge in [0.2, 0.25) is 0 Å². The molecule has 11 heteroatoms. The van der Waals surface area contributed by atoms with E-state index >= 15 is 0 Å². The summed E-state index contributed by atoms with van der Waals surface area (Å²) in [5.74, 6) is 1.53. The number of amides is 1. The second-order valence-corrected chi connectivity index (χ2v) is 12.4. The molecule has 1 spiro atoms. The van der Waals surface area contributed by atoms with Gasteiger partial charge in [-0.3, -0.25) is 9.78 Å². The summed E-state index contributed by atoms with van der Waals surface area (Å²) in [4.78, 5) is 30.9. The molecule has 7 rings (SSSR count). The van der Waals surface area contributed by atoms with Gasteiger partial charge in [-0.15, -0.1) is 0 Å². The number of carbonyl (C=O) groups is 1. The fraction of sp³-hybridized carbons (Fsp3) is 0.500. The molecule has 3 aromatic rings. The average Bonchev–Trinajstić information content (AvgIpc) is 3.49. The Balaban J connectivity index is 1.03. The molecule has 3 aliphatic heterocycles. The highest BCUT2D eigenvalue weighted by Crippen LogP contribution is 2.52. The number of rotatable bonds is 8. The lowest BCUT2D eigenvalue weighted by atomic mass is 9.61. The van der Waals surface area contributed by atoms with Crippen LogP contribution in [0, 0.1) is 11.2 Å². The fourth-order valence-corrected chi connectivity index (χ4v) is 6.99. The van der Waals surface area contributed by atoms with Crippen LogP contribution in [0.2, 0.25) is 0 Å². The van der Waals surface area contributed by atoms with Crippen LogP contribution >= 0.6 is 0 Å². The minimum Gasteiger partial charge on any atom is -0.490 e. The predicted molar refractivity (Wildman–Crippen MR) is 157 cm³/mol. The molecule has 43 heavy (non-hydrogen) atoms. The van der Waals surface area contributed by atoms with E-state index in [1.165, 1.54) is 30.1 Å². The number of pyridine rings is 1. The zero-order valence-corrected chi connectivity index (χ0v) is 24.6. The predicted octanol–water partition coefficient (Wildman–Crippen LogP) is 4.14. The molecule has 5 heterocycles. The van der Waals surface area contributed by atoms with E-state index in [0.29, 0.717) is 24.8 Å². The Morgan fingerprint density at radius 1 is 1.19 bits per heavy atom. The summed E-state index contributed by atoms with van der Waals surface area (Å²) in [6.45, 7) is 8.39. The highest BCUT2D eigenvalue weighted by molar-refractivity contribution is 5.97. The Hall–Kier alpha value is -3.83. The second-order valence-electron chi connectivity index (χ2n) is 12.4. The maximum Gasteiger partial charge on any atom is 0.258 e. The van der Waals surface area contributed by atoms with Gasteiger partial charge in [-0.2, -0.15) is 0 Å². The van der Waals surface area contributed by atoms with Crippen LogP contribution in [0.3, 0.4) is 0 Å². The van der Waals surface area contributed by atoms with Crippen molar-refractivity contribution >= 4 is 11.7 Å². The van der Waals surface area contributed by atoms with Crippen molar-refractivity contribution in [2.75, 3.05) is 37.7 Å². The first-order valence-corrected chi connectivity index (χ1v) is 15.2. The molecule has 1 atom stereocenters. The van der Waals surface area contributed by atoms with Crippen molar-refractivity contribution < 1.29 is 23.4 Å². The molecule has 2 aromatic heterocycles. The van der Waals surface area contributed by atoms with E-state index in [2.05, 4.69) is 25.2 Å². The van der Waals surface area contributed by atoms with E-state index in [0.717, 1.165) is 63.3 Å². The number of hydrogen-bond donors (Lipinski definition) is 1. The van der Waals surface area contributed by atoms with E-state index in [9.17, 15) is 9.18 Å². The number of anilines is 1. The molecule has 4 aliphatic rings. The van der Waals surface area contributed by atoms with Crippen LogP contribution in [0.15, 0.2) is 43.0 Å². The normalized spacial score (nSPS) is 20.8. The minimum atomic E-state index is -0.499. The monoisotopic (exact) mass is 588 g/mol. The molecule has 1 saturated carbocycles. The minimum absolute atomic E-state index is 0.0626. The second kappa shape index (κ2) is 11.3. The molecule has 0 bridgehead atoms. The van der Waals surface area contributed by atoms with Crippen LogP contribution in [0.25, 0.3) is 0 Å². The third-order valence-corrected chi connectivity index (χ3v) is 9.05. The van der Waals surface area contributed by atoms with Crippen molar-refractivity contribution in [2.45, 2.75) is 64.3 Å². The van der Waals surface area contributed by atoms with E-state index in [1.807, 2.05) is 26.1 Å². The molecule has 1 aromatic carbocycles. The quantitative estimate of drug-likeness (QED) is 0.416. The lowest BCUT2D eigenvalue weighted by Crippen LogP contribution is -2.65. The van der Waals surface area contributed by atoms with Crippen molar-refractivity contribution in [3.05, 3.63) is 65.6 Å². The first-order chi connectivity index (χ1) is 20.9. The Morgan fingerprint density at radius 2 is 2.05 bits per heavy atom. The van der Waals surface area contributed by atoms with Gasteiger partial charge in [-0.1, -0.05) is 0 Å². The number of halogens is 1. The number of aromatic nitrogens is 3. The molecule has 226 valence electrons. The van der Waals surface area contributed by atoms with Gasteiger partial charge in [0.05, 0.1) is 24.4 Å². The first kappa shape index (κ1) is 28.0. The highest BCUT2D eigenvalue weighted by atomic mass is 19.1. The number of hydrogen-bond acceptors (Lipinski definition) is 9. The van der Waals surface area contributed by atoms with Gasteiger partial charge in [-0.25, -0.2) is 14.4 Å². The van der Waals surface area contributed by atoms with Gasteiger partial charge < -0.3 is 29.3 Å². The van der Waals surface area contributed by atoms with E-state index < -0.39 is 5.82 Å². The van der Waals surface area contributed by atoms with Crippen molar-refractivity contribution in [3.8, 4) is 17.2 Å². The zero-order valence-electron chi connectivity index (χ0n) is 24.6. The van der Waals surface area contributed by atoms with Crippen molar-refractivity contribution in [1.82, 2.24) is 25.2 Å². The van der Waals surface area contributed by atoms with Crippen LogP contribution < -0.4 is 19.7 Å². The maximum absolute atomic E-state index is 14.4. The number of nitrogens with one attached hydrogen (secondary N) is 1. The number of ether oxygens (including phenoxy) is 3. The van der Waals surface area contributed by atoms with Crippen LogP contribution in [0.1, 0.15) is 54.7 Å². The van der Waals surface area contributed by atoms with Gasteiger partial charge in [0, 0.05) is 68.1 Å². The molecule has 3 fully saturated rings. The molecule has 0 radical (unpaired) electrons. The fourth-order valence-electron chi connectivity index (χ4n) is 6.99. The SMILES string of the molecule is CC(C)N(C(=O)c1cc(F)ccc1Oc1cncnc1N1CC2(CC(Oc3ccnc4c3CNCC4)C2)C1)[C@H]1CCOC1. The maximum atomic E-state index is 14.4. The lowest BCUT2D eigenvalue weighted by molar-refractivity contribution is -0.0349. The lowest BCUT2D eigenvalue weighted by Gasteiger charge is -2.59. The highest BCUT2D eigenvalue weighted by Gasteiger charge is 2.54. The number of carbonyl (C=O) groups excluding carboxylic acids is 1. The molecular formula is C32H37FN6O4. The van der Waals surface area contributed by atoms with Gasteiger partial charge in [0.15, 0.2) is 11.6 Å². The number of fused-ring (bicyclic) bond motifs is 1. The summed E-state index contributed by atoms with van der Waals surface area (Å²) in [7, 11) is 0. The van der Waals surface area contributed by atoms with Gasteiger partial charge in [0.1, 0.15) is 29.7 Å². The third-order valence-electron chi connectivity index (χ3n) is 9.05. The van der Waals surface area contributed by atoms with Crippen molar-refractivity contribution in [3.63, 3.8) is 0 Å². The molecule has 1 amide bonds. The molecular weight excluding hydrogens is 551 g/mol. The first-order valence-electron chi connectivity index (χ1n) is 15.2. The summed E-state index contributed by atoms with van der Waals surface area (Å²) in [6, 6.07) is 5.88. The van der Waals surface area contributed by atoms with Gasteiger partial charge >= 0.3 is 0 Å². The summed E-state index contributed by atoms with van der Waals surface area (Å²) >= 11 is 0. The third kappa shape index (κ3) is 5.40. The Labute approximate surface area is 250 Å². The molecule has 1 aliphatic carbocycles. The molecule has 0 unspecified atom stereocenters. The average molecular weight is 589 g/mol. The van der Waals surface area contributed by atoms with E-state index in [1.54, 1.807) is 11.1 Å².